The minimum Gasteiger partial charge on any atom is -0.293 e. The van der Waals surface area contributed by atoms with Gasteiger partial charge in [0.15, 0.2) is 0 Å². The van der Waals surface area contributed by atoms with Gasteiger partial charge in [-0.2, -0.15) is 11.8 Å². The molecule has 13 heavy (non-hydrogen) atoms. The van der Waals surface area contributed by atoms with Gasteiger partial charge in [0.2, 0.25) is 0 Å². The summed E-state index contributed by atoms with van der Waals surface area (Å²) in [5.74, 6) is 1.27. The zero-order valence-electron chi connectivity index (χ0n) is 7.84. The fraction of sp³-hybridized carbons (Fsp3) is 0.800. The van der Waals surface area contributed by atoms with Crippen LogP contribution in [0.2, 0.25) is 0 Å². The Morgan fingerprint density at radius 1 is 1.54 bits per heavy atom. The predicted octanol–water partition coefficient (Wildman–Crippen LogP) is 2.71. The molecular weight excluding hydrogens is 202 g/mol. The largest absolute Gasteiger partial charge is 0.293 e. The highest BCUT2D eigenvalue weighted by atomic mass is 35.5. The third-order valence-electron chi connectivity index (χ3n) is 2.97. The van der Waals surface area contributed by atoms with Crippen molar-refractivity contribution in [1.29, 1.82) is 0 Å². The molecule has 2 atom stereocenters. The lowest BCUT2D eigenvalue weighted by atomic mass is 10.2. The Labute approximate surface area is 89.5 Å². The van der Waals surface area contributed by atoms with Gasteiger partial charge < -0.3 is 0 Å². The van der Waals surface area contributed by atoms with E-state index >= 15 is 0 Å². The van der Waals surface area contributed by atoms with E-state index in [1.165, 1.54) is 31.6 Å². The van der Waals surface area contributed by atoms with Gasteiger partial charge in [0.25, 0.3) is 0 Å². The van der Waals surface area contributed by atoms with Gasteiger partial charge >= 0.3 is 0 Å². The molecule has 1 saturated carbocycles. The summed E-state index contributed by atoms with van der Waals surface area (Å²) in [6.07, 6.45) is 4.16. The lowest BCUT2D eigenvalue weighted by molar-refractivity contribution is 0.228. The molecule has 1 aliphatic heterocycles. The average molecular weight is 218 g/mol. The summed E-state index contributed by atoms with van der Waals surface area (Å²) in [7, 11) is 0. The fourth-order valence-corrected chi connectivity index (χ4v) is 4.08. The molecule has 2 aliphatic rings. The zero-order chi connectivity index (χ0) is 9.26. The van der Waals surface area contributed by atoms with Gasteiger partial charge in [-0.25, -0.2) is 0 Å². The van der Waals surface area contributed by atoms with Gasteiger partial charge in [0.1, 0.15) is 0 Å². The van der Waals surface area contributed by atoms with E-state index < -0.39 is 0 Å². The second-order valence-corrected chi connectivity index (χ2v) is 5.78. The van der Waals surface area contributed by atoms with Crippen molar-refractivity contribution in [2.75, 3.05) is 18.8 Å². The van der Waals surface area contributed by atoms with E-state index in [0.717, 1.165) is 22.9 Å². The van der Waals surface area contributed by atoms with Gasteiger partial charge in [-0.3, -0.25) is 4.90 Å². The fourth-order valence-electron chi connectivity index (χ4n) is 2.42. The molecule has 0 aromatic carbocycles. The molecular formula is C10H16ClNS. The third kappa shape index (κ3) is 2.23. The van der Waals surface area contributed by atoms with Crippen molar-refractivity contribution < 1.29 is 0 Å². The summed E-state index contributed by atoms with van der Waals surface area (Å²) in [6.45, 7) is 5.86. The minimum atomic E-state index is 0.786. The average Bonchev–Trinajstić information content (AvgIpc) is 2.51. The Bertz CT molecular complexity index is 207. The number of thioether (sulfide) groups is 1. The molecule has 1 saturated heterocycles. The summed E-state index contributed by atoms with van der Waals surface area (Å²) >= 11 is 8.01. The van der Waals surface area contributed by atoms with Crippen molar-refractivity contribution in [2.24, 2.45) is 0 Å². The summed E-state index contributed by atoms with van der Waals surface area (Å²) in [5, 5.41) is 1.67. The van der Waals surface area contributed by atoms with Crippen LogP contribution >= 0.6 is 23.4 Å². The first-order valence-corrected chi connectivity index (χ1v) is 6.39. The Kier molecular flexibility index (Phi) is 3.22. The summed E-state index contributed by atoms with van der Waals surface area (Å²) in [6, 6.07) is 0.786. The van der Waals surface area contributed by atoms with Crippen LogP contribution in [0.5, 0.6) is 0 Å². The predicted molar refractivity (Wildman–Crippen MR) is 60.5 cm³/mol. The van der Waals surface area contributed by atoms with Gasteiger partial charge in [-0.15, -0.1) is 0 Å². The van der Waals surface area contributed by atoms with Crippen LogP contribution in [-0.4, -0.2) is 35.0 Å². The third-order valence-corrected chi connectivity index (χ3v) is 4.49. The van der Waals surface area contributed by atoms with Crippen LogP contribution in [0.15, 0.2) is 11.6 Å². The quantitative estimate of drug-likeness (QED) is 0.700. The van der Waals surface area contributed by atoms with Crippen molar-refractivity contribution in [3.63, 3.8) is 0 Å². The SMILES string of the molecule is C=C(Cl)CN1CCSC2CCCC21. The first kappa shape index (κ1) is 9.88. The molecule has 2 unspecified atom stereocenters. The molecule has 0 aromatic rings. The number of hydrogen-bond acceptors (Lipinski definition) is 2. The van der Waals surface area contributed by atoms with Crippen LogP contribution in [0.25, 0.3) is 0 Å². The van der Waals surface area contributed by atoms with Crippen LogP contribution in [0.3, 0.4) is 0 Å². The van der Waals surface area contributed by atoms with E-state index in [1.807, 2.05) is 0 Å². The standard InChI is InChI=1S/C10H16ClNS/c1-8(11)7-12-5-6-13-10-4-2-3-9(10)12/h9-10H,1-7H2. The normalized spacial score (nSPS) is 34.5. The van der Waals surface area contributed by atoms with Gasteiger partial charge in [-0.05, 0) is 12.8 Å². The summed E-state index contributed by atoms with van der Waals surface area (Å²) in [4.78, 5) is 2.52. The van der Waals surface area contributed by atoms with Gasteiger partial charge in [0, 0.05) is 35.2 Å². The van der Waals surface area contributed by atoms with E-state index in [0.29, 0.717) is 0 Å². The van der Waals surface area contributed by atoms with E-state index in [4.69, 9.17) is 11.6 Å². The first-order valence-electron chi connectivity index (χ1n) is 4.96. The highest BCUT2D eigenvalue weighted by Crippen LogP contribution is 2.37. The molecule has 2 fully saturated rings. The zero-order valence-corrected chi connectivity index (χ0v) is 9.41. The maximum atomic E-state index is 5.86. The minimum absolute atomic E-state index is 0.786. The Morgan fingerprint density at radius 3 is 3.15 bits per heavy atom. The monoisotopic (exact) mass is 217 g/mol. The molecule has 0 spiro atoms. The second-order valence-electron chi connectivity index (χ2n) is 3.90. The first-order chi connectivity index (χ1) is 6.27. The molecule has 0 N–H and O–H groups in total. The molecule has 0 radical (unpaired) electrons. The van der Waals surface area contributed by atoms with Crippen LogP contribution in [-0.2, 0) is 0 Å². The van der Waals surface area contributed by atoms with E-state index in [-0.39, 0.29) is 0 Å². The lowest BCUT2D eigenvalue weighted by Crippen LogP contribution is -2.45. The van der Waals surface area contributed by atoms with Crippen LogP contribution in [0, 0.1) is 0 Å². The number of rotatable bonds is 2. The second kappa shape index (κ2) is 4.24. The number of hydrogen-bond donors (Lipinski definition) is 0. The van der Waals surface area contributed by atoms with E-state index in [9.17, 15) is 0 Å². The maximum absolute atomic E-state index is 5.86. The van der Waals surface area contributed by atoms with Crippen LogP contribution < -0.4 is 0 Å². The van der Waals surface area contributed by atoms with E-state index in [2.05, 4.69) is 23.2 Å². The smallest absolute Gasteiger partial charge is 0.0339 e. The Balaban J connectivity index is 1.97. The van der Waals surface area contributed by atoms with E-state index in [1.54, 1.807) is 0 Å². The van der Waals surface area contributed by atoms with Crippen molar-refractivity contribution in [3.05, 3.63) is 11.6 Å². The topological polar surface area (TPSA) is 3.24 Å². The van der Waals surface area contributed by atoms with Crippen molar-refractivity contribution in [1.82, 2.24) is 4.90 Å². The molecule has 0 bridgehead atoms. The summed E-state index contributed by atoms with van der Waals surface area (Å²) < 4.78 is 0. The molecule has 1 heterocycles. The van der Waals surface area contributed by atoms with Crippen LogP contribution in [0.1, 0.15) is 19.3 Å². The molecule has 1 aliphatic carbocycles. The van der Waals surface area contributed by atoms with Crippen molar-refractivity contribution in [3.8, 4) is 0 Å². The molecule has 0 amide bonds. The summed E-state index contributed by atoms with van der Waals surface area (Å²) in [5.41, 5.74) is 0. The van der Waals surface area contributed by atoms with Crippen molar-refractivity contribution >= 4 is 23.4 Å². The lowest BCUT2D eigenvalue weighted by Gasteiger charge is -2.37. The highest BCUT2D eigenvalue weighted by Gasteiger charge is 2.35. The van der Waals surface area contributed by atoms with Gasteiger partial charge in [0.05, 0.1) is 0 Å². The number of halogens is 1. The van der Waals surface area contributed by atoms with Gasteiger partial charge in [-0.1, -0.05) is 24.6 Å². The number of nitrogens with zero attached hydrogens (tertiary/aromatic N) is 1. The van der Waals surface area contributed by atoms with Crippen molar-refractivity contribution in [2.45, 2.75) is 30.6 Å². The highest BCUT2D eigenvalue weighted by molar-refractivity contribution is 8.00. The maximum Gasteiger partial charge on any atom is 0.0339 e. The Morgan fingerprint density at radius 2 is 2.38 bits per heavy atom. The molecule has 2 rings (SSSR count). The molecule has 74 valence electrons. The molecule has 3 heteroatoms. The molecule has 1 nitrogen and oxygen atoms in total. The Hall–Kier alpha value is 0.340. The van der Waals surface area contributed by atoms with Crippen LogP contribution in [0.4, 0.5) is 0 Å². The number of fused-ring (bicyclic) bond motifs is 1. The molecule has 0 aromatic heterocycles.